The fraction of sp³-hybridized carbons (Fsp3) is 0.714. The van der Waals surface area contributed by atoms with Crippen molar-refractivity contribution in [2.24, 2.45) is 0 Å². The van der Waals surface area contributed by atoms with E-state index in [1.54, 1.807) is 29.9 Å². The van der Waals surface area contributed by atoms with Gasteiger partial charge in [0.25, 0.3) is 5.56 Å². The molecule has 2 unspecified atom stereocenters. The molecular weight excluding hydrogens is 482 g/mol. The highest BCUT2D eigenvalue weighted by atomic mass is 127. The third-order valence-electron chi connectivity index (χ3n) is 3.45. The van der Waals surface area contributed by atoms with Gasteiger partial charge >= 0.3 is 14.3 Å². The minimum atomic E-state index is -1.99. The van der Waals surface area contributed by atoms with E-state index >= 15 is 0 Å². The zero-order chi connectivity index (χ0) is 19.4. The molecule has 0 aromatic carbocycles. The van der Waals surface area contributed by atoms with Crippen LogP contribution in [0.15, 0.2) is 15.8 Å². The Morgan fingerprint density at radius 1 is 1.31 bits per heavy atom. The predicted molar refractivity (Wildman–Crippen MR) is 103 cm³/mol. The number of nitrogens with zero attached hydrogens (tertiary/aromatic N) is 1. The third-order valence-corrected chi connectivity index (χ3v) is 4.48. The van der Waals surface area contributed by atoms with Gasteiger partial charge in [0.2, 0.25) is 0 Å². The molecule has 2 N–H and O–H groups in total. The quantitative estimate of drug-likeness (QED) is 0.128. The number of aryl methyl sites for hydroxylation is 2. The lowest BCUT2D eigenvalue weighted by Crippen LogP contribution is -2.32. The molecule has 0 fully saturated rings. The smallest absolute Gasteiger partial charge is 0.329 e. The van der Waals surface area contributed by atoms with E-state index in [0.29, 0.717) is 38.2 Å². The Labute approximate surface area is 166 Å². The molecule has 0 amide bonds. The Balaban J connectivity index is 2.29. The lowest BCUT2D eigenvalue weighted by molar-refractivity contribution is -0.166. The summed E-state index contributed by atoms with van der Waals surface area (Å²) in [5, 5.41) is 0. The van der Waals surface area contributed by atoms with Crippen LogP contribution in [0.3, 0.4) is 0 Å². The van der Waals surface area contributed by atoms with Gasteiger partial charge in [0.05, 0.1) is 25.9 Å². The number of H-pyrrole nitrogens is 1. The molecule has 0 saturated carbocycles. The zero-order valence-corrected chi connectivity index (χ0v) is 17.7. The van der Waals surface area contributed by atoms with Crippen LogP contribution in [0.5, 0.6) is 0 Å². The number of methoxy groups -OCH3 is 1. The number of hydrogen-bond donors (Lipinski definition) is 2. The molecule has 0 radical (unpaired) electrons. The summed E-state index contributed by atoms with van der Waals surface area (Å²) in [4.78, 5) is 39.7. The minimum absolute atomic E-state index is 0.127. The van der Waals surface area contributed by atoms with E-state index in [2.05, 4.69) is 8.20 Å². The number of aromatic nitrogens is 2. The summed E-state index contributed by atoms with van der Waals surface area (Å²) < 4.78 is 21.6. The van der Waals surface area contributed by atoms with Gasteiger partial charge in [-0.3, -0.25) is 9.78 Å². The molecule has 0 saturated heterocycles. The molecule has 10 nitrogen and oxygen atoms in total. The first-order valence-corrected chi connectivity index (χ1v) is 9.97. The second kappa shape index (κ2) is 13.7. The van der Waals surface area contributed by atoms with Crippen LogP contribution < -0.4 is 11.2 Å². The summed E-state index contributed by atoms with van der Waals surface area (Å²) in [5.74, 6) is 0. The number of aromatic amines is 1. The van der Waals surface area contributed by atoms with E-state index in [1.165, 1.54) is 17.9 Å². The first-order valence-electron chi connectivity index (χ1n) is 7.96. The number of ether oxygens (including phenoxy) is 1. The summed E-state index contributed by atoms with van der Waals surface area (Å²) >= 11 is 1.64. The van der Waals surface area contributed by atoms with Crippen LogP contribution in [0.25, 0.3) is 0 Å². The molecule has 12 heteroatoms. The summed E-state index contributed by atoms with van der Waals surface area (Å²) in [5.41, 5.74) is -0.409. The monoisotopic (exact) mass is 506 g/mol. The largest absolute Gasteiger partial charge is 0.379 e. The summed E-state index contributed by atoms with van der Waals surface area (Å²) in [6, 6.07) is 0. The number of nitrogens with one attached hydrogen (secondary N) is 1. The number of halogens is 1. The highest BCUT2D eigenvalue weighted by Crippen LogP contribution is 2.33. The first kappa shape index (κ1) is 23.6. The van der Waals surface area contributed by atoms with E-state index in [0.717, 1.165) is 6.42 Å². The Morgan fingerprint density at radius 2 is 2.04 bits per heavy atom. The third kappa shape index (κ3) is 9.51. The first-order chi connectivity index (χ1) is 12.5. The molecule has 0 bridgehead atoms. The van der Waals surface area contributed by atoms with Crippen molar-refractivity contribution in [1.29, 1.82) is 0 Å². The topological polar surface area (TPSA) is 121 Å². The van der Waals surface area contributed by atoms with Gasteiger partial charge in [-0.1, -0.05) is 0 Å². The van der Waals surface area contributed by atoms with Crippen LogP contribution in [-0.4, -0.2) is 47.5 Å². The maximum atomic E-state index is 11.7. The van der Waals surface area contributed by atoms with Gasteiger partial charge in [-0.05, 0) is 26.2 Å². The Hall–Kier alpha value is -0.400. The SMILES string of the molecule is COC(CCn1cc(C)c(=O)[nH]c1=O)COP(O)OCCCCOOI. The van der Waals surface area contributed by atoms with Gasteiger partial charge in [-0.2, -0.15) is 3.22 Å². The van der Waals surface area contributed by atoms with E-state index in [-0.39, 0.29) is 12.7 Å². The van der Waals surface area contributed by atoms with Gasteiger partial charge in [0.15, 0.2) is 23.0 Å². The molecule has 26 heavy (non-hydrogen) atoms. The summed E-state index contributed by atoms with van der Waals surface area (Å²) in [6.07, 6.45) is 3.08. The second-order valence-corrected chi connectivity index (χ2v) is 6.72. The molecule has 0 aliphatic rings. The highest BCUT2D eigenvalue weighted by Gasteiger charge is 2.14. The molecule has 1 aromatic heterocycles. The van der Waals surface area contributed by atoms with Gasteiger partial charge in [0.1, 0.15) is 0 Å². The van der Waals surface area contributed by atoms with Crippen LogP contribution in [0.1, 0.15) is 24.8 Å². The average molecular weight is 506 g/mol. The van der Waals surface area contributed by atoms with Gasteiger partial charge in [0, 0.05) is 25.4 Å². The lowest BCUT2D eigenvalue weighted by atomic mass is 10.2. The van der Waals surface area contributed by atoms with Crippen molar-refractivity contribution in [2.75, 3.05) is 26.9 Å². The predicted octanol–water partition coefficient (Wildman–Crippen LogP) is 1.58. The molecule has 2 atom stereocenters. The Kier molecular flexibility index (Phi) is 12.5. The van der Waals surface area contributed by atoms with Crippen molar-refractivity contribution in [1.82, 2.24) is 9.55 Å². The van der Waals surface area contributed by atoms with Crippen LogP contribution >= 0.6 is 31.6 Å². The van der Waals surface area contributed by atoms with Crippen molar-refractivity contribution >= 4 is 31.6 Å². The van der Waals surface area contributed by atoms with Crippen LogP contribution in [0, 0.1) is 6.92 Å². The van der Waals surface area contributed by atoms with Gasteiger partial charge in [-0.25, -0.2) is 9.68 Å². The van der Waals surface area contributed by atoms with E-state index in [9.17, 15) is 14.5 Å². The van der Waals surface area contributed by atoms with E-state index in [4.69, 9.17) is 18.7 Å². The van der Waals surface area contributed by atoms with Crippen molar-refractivity contribution in [2.45, 2.75) is 38.8 Å². The van der Waals surface area contributed by atoms with Crippen molar-refractivity contribution in [3.8, 4) is 0 Å². The molecular formula is C14H24IN2O8P. The fourth-order valence-corrected chi connectivity index (χ4v) is 2.79. The van der Waals surface area contributed by atoms with Gasteiger partial charge < -0.3 is 23.2 Å². The summed E-state index contributed by atoms with van der Waals surface area (Å²) in [6.45, 7) is 2.90. The molecule has 150 valence electrons. The minimum Gasteiger partial charge on any atom is -0.379 e. The Morgan fingerprint density at radius 3 is 2.73 bits per heavy atom. The molecule has 1 heterocycles. The zero-order valence-electron chi connectivity index (χ0n) is 14.7. The van der Waals surface area contributed by atoms with Crippen molar-refractivity contribution < 1.29 is 26.8 Å². The van der Waals surface area contributed by atoms with E-state index in [1.807, 2.05) is 0 Å². The highest BCUT2D eigenvalue weighted by molar-refractivity contribution is 14.1. The van der Waals surface area contributed by atoms with Crippen molar-refractivity contribution in [3.05, 3.63) is 32.6 Å². The van der Waals surface area contributed by atoms with Gasteiger partial charge in [-0.15, -0.1) is 0 Å². The van der Waals surface area contributed by atoms with E-state index < -0.39 is 19.9 Å². The van der Waals surface area contributed by atoms with Crippen LogP contribution in [-0.2, 0) is 28.4 Å². The number of rotatable bonds is 14. The molecule has 0 spiro atoms. The normalized spacial score (nSPS) is 13.7. The lowest BCUT2D eigenvalue weighted by Gasteiger charge is -2.18. The maximum absolute atomic E-state index is 11.7. The fourth-order valence-electron chi connectivity index (χ4n) is 1.96. The molecule has 0 aliphatic carbocycles. The van der Waals surface area contributed by atoms with Crippen molar-refractivity contribution in [3.63, 3.8) is 0 Å². The summed E-state index contributed by atoms with van der Waals surface area (Å²) in [7, 11) is -0.475. The number of hydrogen-bond acceptors (Lipinski definition) is 8. The number of unbranched alkanes of at least 4 members (excludes halogenated alkanes) is 1. The maximum Gasteiger partial charge on any atom is 0.329 e. The molecule has 1 rings (SSSR count). The molecule has 1 aromatic rings. The van der Waals surface area contributed by atoms with Crippen LogP contribution in [0.2, 0.25) is 0 Å². The standard InChI is InChI=1S/C14H24IN2O8P/c1-11-9-17(14(19)16-13(11)18)6-5-12(21-2)10-24-26(20)23-8-4-3-7-22-25-15/h9,12,20H,3-8,10H2,1-2H3,(H,16,18,19). The average Bonchev–Trinajstić information content (AvgIpc) is 2.62. The molecule has 0 aliphatic heterocycles. The Bertz CT molecular complexity index is 626. The van der Waals surface area contributed by atoms with Crippen LogP contribution in [0.4, 0.5) is 0 Å². The second-order valence-electron chi connectivity index (χ2n) is 5.37.